The lowest BCUT2D eigenvalue weighted by Crippen LogP contribution is -2.17. The molecule has 0 fully saturated rings. The van der Waals surface area contributed by atoms with Crippen molar-refractivity contribution in [1.82, 2.24) is 0 Å². The Hall–Kier alpha value is -2.22. The Morgan fingerprint density at radius 3 is 2.39 bits per heavy atom. The predicted octanol–water partition coefficient (Wildman–Crippen LogP) is 4.92. The topological polar surface area (TPSA) is 61.5 Å². The molecule has 0 heterocycles. The van der Waals surface area contributed by atoms with Gasteiger partial charge < -0.3 is 15.2 Å². The van der Waals surface area contributed by atoms with Crippen LogP contribution in [0.25, 0.3) is 0 Å². The molecule has 4 nitrogen and oxygen atoms in total. The van der Waals surface area contributed by atoms with E-state index in [0.29, 0.717) is 10.0 Å². The molecule has 0 aliphatic heterocycles. The number of ether oxygens (including phenoxy) is 2. The van der Waals surface area contributed by atoms with Crippen molar-refractivity contribution in [2.75, 3.05) is 5.73 Å². The number of carbonyl (C=O) groups excluding carboxylic acids is 1. The van der Waals surface area contributed by atoms with Crippen molar-refractivity contribution in [2.45, 2.75) is 13.3 Å². The minimum atomic E-state index is -4.80. The van der Waals surface area contributed by atoms with Crippen LogP contribution in [0.2, 0.25) is 0 Å². The molecule has 2 aromatic carbocycles. The molecule has 2 rings (SSSR count). The minimum absolute atomic E-state index is 0.0917. The van der Waals surface area contributed by atoms with E-state index < -0.39 is 12.1 Å². The van der Waals surface area contributed by atoms with Gasteiger partial charge in [0.1, 0.15) is 17.2 Å². The first-order valence-corrected chi connectivity index (χ1v) is 7.08. The van der Waals surface area contributed by atoms with E-state index in [1.54, 1.807) is 0 Å². The van der Waals surface area contributed by atoms with Gasteiger partial charge in [-0.1, -0.05) is 0 Å². The number of nitrogen functional groups attached to an aromatic ring is 1. The van der Waals surface area contributed by atoms with E-state index >= 15 is 0 Å². The number of benzene rings is 2. The summed E-state index contributed by atoms with van der Waals surface area (Å²) in [5.74, 6) is -0.284. The maximum Gasteiger partial charge on any atom is 0.573 e. The fourth-order valence-electron chi connectivity index (χ4n) is 1.74. The van der Waals surface area contributed by atoms with Crippen LogP contribution < -0.4 is 15.2 Å². The van der Waals surface area contributed by atoms with Gasteiger partial charge in [0, 0.05) is 11.6 Å². The maximum atomic E-state index is 12.3. The molecular weight excluding hydrogens is 379 g/mol. The summed E-state index contributed by atoms with van der Waals surface area (Å²) >= 11 is 3.17. The molecular formula is C15H11BrF3NO3. The summed E-state index contributed by atoms with van der Waals surface area (Å²) in [4.78, 5) is 11.3. The number of hydrogen-bond donors (Lipinski definition) is 1. The van der Waals surface area contributed by atoms with Crippen LogP contribution >= 0.6 is 15.9 Å². The maximum absolute atomic E-state index is 12.3. The average Bonchev–Trinajstić information content (AvgIpc) is 2.42. The van der Waals surface area contributed by atoms with Gasteiger partial charge in [-0.2, -0.15) is 0 Å². The summed E-state index contributed by atoms with van der Waals surface area (Å²) < 4.78 is 46.5. The molecule has 122 valence electrons. The Bertz CT molecular complexity index is 747. The third-order valence-corrected chi connectivity index (χ3v) is 3.43. The monoisotopic (exact) mass is 389 g/mol. The zero-order valence-corrected chi connectivity index (χ0v) is 13.4. The second-order valence-electron chi connectivity index (χ2n) is 4.55. The van der Waals surface area contributed by atoms with Crippen molar-refractivity contribution < 1.29 is 27.4 Å². The second-order valence-corrected chi connectivity index (χ2v) is 5.41. The number of alkyl halides is 3. The number of ketones is 1. The molecule has 0 aromatic heterocycles. The Labute approximate surface area is 138 Å². The molecule has 0 amide bonds. The first-order valence-electron chi connectivity index (χ1n) is 6.29. The van der Waals surface area contributed by atoms with Crippen molar-refractivity contribution in [3.05, 3.63) is 46.4 Å². The summed E-state index contributed by atoms with van der Waals surface area (Å²) in [6, 6.07) is 7.99. The fraction of sp³-hybridized carbons (Fsp3) is 0.133. The molecule has 0 radical (unpaired) electrons. The third kappa shape index (κ3) is 4.62. The number of halogens is 4. The first kappa shape index (κ1) is 17.1. The number of carbonyl (C=O) groups is 1. The van der Waals surface area contributed by atoms with E-state index in [-0.39, 0.29) is 23.0 Å². The summed E-state index contributed by atoms with van der Waals surface area (Å²) in [6.45, 7) is 1.39. The van der Waals surface area contributed by atoms with Gasteiger partial charge in [-0.05, 0) is 53.2 Å². The largest absolute Gasteiger partial charge is 0.573 e. The Kier molecular flexibility index (Phi) is 4.84. The van der Waals surface area contributed by atoms with Crippen LogP contribution in [0, 0.1) is 0 Å². The number of anilines is 1. The average molecular weight is 390 g/mol. The van der Waals surface area contributed by atoms with Gasteiger partial charge in [0.05, 0.1) is 10.2 Å². The predicted molar refractivity (Wildman–Crippen MR) is 81.8 cm³/mol. The molecule has 2 aromatic rings. The molecule has 0 aliphatic rings. The Morgan fingerprint density at radius 2 is 1.83 bits per heavy atom. The van der Waals surface area contributed by atoms with Crippen molar-refractivity contribution in [2.24, 2.45) is 0 Å². The van der Waals surface area contributed by atoms with E-state index in [1.165, 1.54) is 31.2 Å². The highest BCUT2D eigenvalue weighted by atomic mass is 79.9. The Balaban J connectivity index is 2.29. The van der Waals surface area contributed by atoms with Gasteiger partial charge in [-0.15, -0.1) is 13.2 Å². The smallest absolute Gasteiger partial charge is 0.454 e. The molecule has 0 atom stereocenters. The SMILES string of the molecule is CC(=O)c1ccc(Oc2cc(OC(F)(F)F)ccc2Br)c(N)c1. The molecule has 0 aliphatic carbocycles. The van der Waals surface area contributed by atoms with Gasteiger partial charge in [-0.25, -0.2) is 0 Å². The highest BCUT2D eigenvalue weighted by Gasteiger charge is 2.31. The summed E-state index contributed by atoms with van der Waals surface area (Å²) in [6.07, 6.45) is -4.80. The summed E-state index contributed by atoms with van der Waals surface area (Å²) in [7, 11) is 0. The van der Waals surface area contributed by atoms with E-state index in [1.807, 2.05) is 0 Å². The van der Waals surface area contributed by atoms with Gasteiger partial charge >= 0.3 is 6.36 Å². The van der Waals surface area contributed by atoms with Crippen LogP contribution in [0.15, 0.2) is 40.9 Å². The standard InChI is InChI=1S/C15H11BrF3NO3/c1-8(21)9-2-5-13(12(20)6-9)22-14-7-10(3-4-11(14)16)23-15(17,18)19/h2-7H,20H2,1H3. The number of nitrogens with two attached hydrogens (primary N) is 1. The second kappa shape index (κ2) is 6.49. The van der Waals surface area contributed by atoms with Crippen LogP contribution in [0.3, 0.4) is 0 Å². The molecule has 0 saturated heterocycles. The first-order chi connectivity index (χ1) is 10.7. The molecule has 0 spiro atoms. The number of rotatable bonds is 4. The van der Waals surface area contributed by atoms with Gasteiger partial charge in [-0.3, -0.25) is 4.79 Å². The zero-order valence-electron chi connectivity index (χ0n) is 11.8. The summed E-state index contributed by atoms with van der Waals surface area (Å²) in [5.41, 5.74) is 6.39. The van der Waals surface area contributed by atoms with Crippen molar-refractivity contribution in [1.29, 1.82) is 0 Å². The van der Waals surface area contributed by atoms with Gasteiger partial charge in [0.15, 0.2) is 5.78 Å². The highest BCUT2D eigenvalue weighted by molar-refractivity contribution is 9.10. The summed E-state index contributed by atoms with van der Waals surface area (Å²) in [5, 5.41) is 0. The van der Waals surface area contributed by atoms with Gasteiger partial charge in [0.2, 0.25) is 0 Å². The molecule has 23 heavy (non-hydrogen) atoms. The van der Waals surface area contributed by atoms with Crippen molar-refractivity contribution in [3.8, 4) is 17.2 Å². The zero-order chi connectivity index (χ0) is 17.2. The Morgan fingerprint density at radius 1 is 1.13 bits per heavy atom. The fourth-order valence-corrected chi connectivity index (χ4v) is 2.07. The van der Waals surface area contributed by atoms with Crippen LogP contribution in [0.5, 0.6) is 17.2 Å². The van der Waals surface area contributed by atoms with Crippen LogP contribution in [0.4, 0.5) is 18.9 Å². The third-order valence-electron chi connectivity index (χ3n) is 2.77. The number of hydrogen-bond acceptors (Lipinski definition) is 4. The highest BCUT2D eigenvalue weighted by Crippen LogP contribution is 2.36. The van der Waals surface area contributed by atoms with Gasteiger partial charge in [0.25, 0.3) is 0 Å². The minimum Gasteiger partial charge on any atom is -0.454 e. The molecule has 0 bridgehead atoms. The van der Waals surface area contributed by atoms with Crippen LogP contribution in [0.1, 0.15) is 17.3 Å². The van der Waals surface area contributed by atoms with Crippen molar-refractivity contribution in [3.63, 3.8) is 0 Å². The molecule has 8 heteroatoms. The molecule has 2 N–H and O–H groups in total. The number of Topliss-reactive ketones (excluding diaryl/α,β-unsaturated/α-hetero) is 1. The lowest BCUT2D eigenvalue weighted by atomic mass is 10.1. The molecule has 0 unspecified atom stereocenters. The van der Waals surface area contributed by atoms with E-state index in [9.17, 15) is 18.0 Å². The quantitative estimate of drug-likeness (QED) is 0.595. The lowest BCUT2D eigenvalue weighted by molar-refractivity contribution is -0.274. The van der Waals surface area contributed by atoms with E-state index in [0.717, 1.165) is 12.1 Å². The normalized spacial score (nSPS) is 11.2. The van der Waals surface area contributed by atoms with Crippen LogP contribution in [-0.2, 0) is 0 Å². The van der Waals surface area contributed by atoms with E-state index in [4.69, 9.17) is 10.5 Å². The van der Waals surface area contributed by atoms with E-state index in [2.05, 4.69) is 20.7 Å². The lowest BCUT2D eigenvalue weighted by Gasteiger charge is -2.13. The molecule has 0 saturated carbocycles. The van der Waals surface area contributed by atoms with Crippen LogP contribution in [-0.4, -0.2) is 12.1 Å². The van der Waals surface area contributed by atoms with Crippen molar-refractivity contribution >= 4 is 27.4 Å².